The second kappa shape index (κ2) is 8.31. The van der Waals surface area contributed by atoms with Gasteiger partial charge in [-0.1, -0.05) is 0 Å². The third kappa shape index (κ3) is 6.80. The third-order valence-corrected chi connectivity index (χ3v) is 3.12. The Balaban J connectivity index is 2.49. The van der Waals surface area contributed by atoms with E-state index >= 15 is 0 Å². The lowest BCUT2D eigenvalue weighted by Gasteiger charge is -2.09. The van der Waals surface area contributed by atoms with Crippen molar-refractivity contribution in [3.8, 4) is 0 Å². The van der Waals surface area contributed by atoms with Crippen molar-refractivity contribution in [2.75, 3.05) is 16.8 Å². The van der Waals surface area contributed by atoms with Gasteiger partial charge in [-0.3, -0.25) is 9.59 Å². The van der Waals surface area contributed by atoms with Gasteiger partial charge in [0.2, 0.25) is 5.91 Å². The second-order valence-electron chi connectivity index (χ2n) is 4.47. The topological polar surface area (TPSA) is 92.7 Å². The van der Waals surface area contributed by atoms with Crippen LogP contribution in [0.25, 0.3) is 0 Å². The van der Waals surface area contributed by atoms with Crippen LogP contribution in [0.2, 0.25) is 0 Å². The molecule has 0 saturated heterocycles. The molecule has 0 spiro atoms. The zero-order valence-corrected chi connectivity index (χ0v) is 12.6. The number of nitrogens with one attached hydrogen (secondary N) is 1. The molecule has 7 heteroatoms. The van der Waals surface area contributed by atoms with Gasteiger partial charge in [0.05, 0.1) is 23.2 Å². The van der Waals surface area contributed by atoms with Crippen LogP contribution in [0.1, 0.15) is 24.2 Å². The van der Waals surface area contributed by atoms with Crippen molar-refractivity contribution in [1.82, 2.24) is 0 Å². The Morgan fingerprint density at radius 2 is 1.81 bits per heavy atom. The average molecular weight is 311 g/mol. The third-order valence-electron chi connectivity index (χ3n) is 2.21. The number of benzene rings is 1. The molecule has 0 bridgehead atoms. The molecule has 1 aromatic carbocycles. The van der Waals surface area contributed by atoms with Crippen LogP contribution in [-0.2, 0) is 14.3 Å². The lowest BCUT2D eigenvalue weighted by atomic mass is 10.2. The minimum Gasteiger partial charge on any atom is -0.481 e. The zero-order valence-electron chi connectivity index (χ0n) is 11.8. The fraction of sp³-hybridized carbons (Fsp3) is 0.357. The Hall–Kier alpha value is -2.02. The molecule has 0 fully saturated rings. The number of rotatable bonds is 7. The van der Waals surface area contributed by atoms with Gasteiger partial charge in [-0.05, 0) is 38.1 Å². The Labute approximate surface area is 126 Å². The van der Waals surface area contributed by atoms with Crippen LogP contribution in [0.5, 0.6) is 0 Å². The van der Waals surface area contributed by atoms with Crippen LogP contribution < -0.4 is 5.32 Å². The van der Waals surface area contributed by atoms with Gasteiger partial charge in [0.1, 0.15) is 0 Å². The minimum atomic E-state index is -0.958. The molecule has 0 heterocycles. The largest absolute Gasteiger partial charge is 0.481 e. The predicted molar refractivity (Wildman–Crippen MR) is 80.6 cm³/mol. The van der Waals surface area contributed by atoms with E-state index in [1.54, 1.807) is 38.1 Å². The summed E-state index contributed by atoms with van der Waals surface area (Å²) in [6.07, 6.45) is -0.192. The number of carboxylic acids is 1. The number of carbonyl (C=O) groups excluding carboxylic acids is 2. The molecule has 1 rings (SSSR count). The molecule has 21 heavy (non-hydrogen) atoms. The molecule has 1 aromatic rings. The summed E-state index contributed by atoms with van der Waals surface area (Å²) < 4.78 is 5.05. The second-order valence-corrected chi connectivity index (χ2v) is 5.45. The van der Waals surface area contributed by atoms with Gasteiger partial charge in [-0.25, -0.2) is 4.79 Å². The lowest BCUT2D eigenvalue weighted by molar-refractivity contribution is -0.133. The first-order valence-electron chi connectivity index (χ1n) is 6.29. The highest BCUT2D eigenvalue weighted by Gasteiger charge is 2.09. The first-order valence-corrected chi connectivity index (χ1v) is 7.44. The molecule has 1 amide bonds. The Morgan fingerprint density at radius 1 is 1.19 bits per heavy atom. The zero-order chi connectivity index (χ0) is 15.8. The number of aliphatic carboxylic acids is 1. The van der Waals surface area contributed by atoms with Gasteiger partial charge in [-0.15, -0.1) is 11.8 Å². The maximum absolute atomic E-state index is 11.6. The fourth-order valence-corrected chi connectivity index (χ4v) is 1.93. The number of esters is 1. The molecule has 0 aliphatic rings. The smallest absolute Gasteiger partial charge is 0.338 e. The van der Waals surface area contributed by atoms with E-state index in [0.717, 1.165) is 11.8 Å². The van der Waals surface area contributed by atoms with Crippen molar-refractivity contribution in [3.63, 3.8) is 0 Å². The first-order chi connectivity index (χ1) is 9.88. The van der Waals surface area contributed by atoms with Gasteiger partial charge in [0.15, 0.2) is 0 Å². The van der Waals surface area contributed by atoms with Crippen molar-refractivity contribution in [3.05, 3.63) is 29.8 Å². The SMILES string of the molecule is CC(C)OC(=O)c1ccc(NC(=O)CSCC(=O)O)cc1. The maximum Gasteiger partial charge on any atom is 0.338 e. The molecular formula is C14H17NO5S. The highest BCUT2D eigenvalue weighted by molar-refractivity contribution is 8.00. The molecule has 6 nitrogen and oxygen atoms in total. The lowest BCUT2D eigenvalue weighted by Crippen LogP contribution is -2.16. The molecule has 0 unspecified atom stereocenters. The molecule has 2 N–H and O–H groups in total. The van der Waals surface area contributed by atoms with Crippen LogP contribution in [0.4, 0.5) is 5.69 Å². The van der Waals surface area contributed by atoms with Crippen LogP contribution in [0.3, 0.4) is 0 Å². The molecule has 0 saturated carbocycles. The Kier molecular flexibility index (Phi) is 6.74. The van der Waals surface area contributed by atoms with Gasteiger partial charge in [0, 0.05) is 5.69 Å². The van der Waals surface area contributed by atoms with Crippen molar-refractivity contribution in [2.45, 2.75) is 20.0 Å². The van der Waals surface area contributed by atoms with E-state index in [1.807, 2.05) is 0 Å². The Morgan fingerprint density at radius 3 is 2.33 bits per heavy atom. The number of ether oxygens (including phenoxy) is 1. The van der Waals surface area contributed by atoms with Gasteiger partial charge in [-0.2, -0.15) is 0 Å². The van der Waals surface area contributed by atoms with Crippen molar-refractivity contribution >= 4 is 35.3 Å². The number of hydrogen-bond acceptors (Lipinski definition) is 5. The number of thioether (sulfide) groups is 1. The first kappa shape index (κ1) is 17.0. The van der Waals surface area contributed by atoms with E-state index in [2.05, 4.69) is 5.32 Å². The van der Waals surface area contributed by atoms with Crippen LogP contribution in [0, 0.1) is 0 Å². The monoisotopic (exact) mass is 311 g/mol. The molecule has 0 aliphatic heterocycles. The van der Waals surface area contributed by atoms with Gasteiger partial charge < -0.3 is 15.2 Å². The average Bonchev–Trinajstić information content (AvgIpc) is 2.38. The minimum absolute atomic E-state index is 0.0590. The van der Waals surface area contributed by atoms with Crippen molar-refractivity contribution in [2.24, 2.45) is 0 Å². The van der Waals surface area contributed by atoms with E-state index in [9.17, 15) is 14.4 Å². The van der Waals surface area contributed by atoms with Crippen LogP contribution >= 0.6 is 11.8 Å². The van der Waals surface area contributed by atoms with E-state index in [0.29, 0.717) is 11.3 Å². The molecule has 0 aromatic heterocycles. The summed E-state index contributed by atoms with van der Waals surface area (Å²) in [4.78, 5) is 33.5. The molecule has 0 atom stereocenters. The van der Waals surface area contributed by atoms with Crippen LogP contribution in [0.15, 0.2) is 24.3 Å². The normalized spacial score (nSPS) is 10.2. The summed E-state index contributed by atoms with van der Waals surface area (Å²) >= 11 is 1.02. The fourth-order valence-electron chi connectivity index (χ4n) is 1.40. The van der Waals surface area contributed by atoms with E-state index < -0.39 is 11.9 Å². The predicted octanol–water partition coefficient (Wildman–Crippen LogP) is 2.01. The van der Waals surface area contributed by atoms with E-state index in [1.165, 1.54) is 0 Å². The summed E-state index contributed by atoms with van der Waals surface area (Å²) in [5, 5.41) is 11.1. The molecule has 114 valence electrons. The maximum atomic E-state index is 11.6. The highest BCUT2D eigenvalue weighted by Crippen LogP contribution is 2.12. The number of carbonyl (C=O) groups is 3. The number of amides is 1. The van der Waals surface area contributed by atoms with E-state index in [4.69, 9.17) is 9.84 Å². The number of anilines is 1. The summed E-state index contributed by atoms with van der Waals surface area (Å²) in [6.45, 7) is 3.53. The Bertz CT molecular complexity index is 513. The summed E-state index contributed by atoms with van der Waals surface area (Å²) in [5.41, 5.74) is 0.943. The quantitative estimate of drug-likeness (QED) is 0.748. The van der Waals surface area contributed by atoms with Crippen molar-refractivity contribution in [1.29, 1.82) is 0 Å². The molecule has 0 radical (unpaired) electrons. The van der Waals surface area contributed by atoms with Gasteiger partial charge >= 0.3 is 11.9 Å². The van der Waals surface area contributed by atoms with Gasteiger partial charge in [0.25, 0.3) is 0 Å². The van der Waals surface area contributed by atoms with Crippen molar-refractivity contribution < 1.29 is 24.2 Å². The molecule has 0 aliphatic carbocycles. The highest BCUT2D eigenvalue weighted by atomic mass is 32.2. The standard InChI is InChI=1S/C14H17NO5S/c1-9(2)20-14(19)10-3-5-11(6-4-10)15-12(16)7-21-8-13(17)18/h3-6,9H,7-8H2,1-2H3,(H,15,16)(H,17,18). The summed E-state index contributed by atoms with van der Waals surface area (Å²) in [5.74, 6) is -1.73. The van der Waals surface area contributed by atoms with Crippen LogP contribution in [-0.4, -0.2) is 40.6 Å². The number of carboxylic acid groups (broad SMARTS) is 1. The molecular weight excluding hydrogens is 294 g/mol. The summed E-state index contributed by atoms with van der Waals surface area (Å²) in [6, 6.07) is 6.31. The van der Waals surface area contributed by atoms with E-state index in [-0.39, 0.29) is 23.5 Å². The number of hydrogen-bond donors (Lipinski definition) is 2. The summed E-state index contributed by atoms with van der Waals surface area (Å²) in [7, 11) is 0.